The van der Waals surface area contributed by atoms with Crippen molar-refractivity contribution < 1.29 is 4.79 Å². The fourth-order valence-corrected chi connectivity index (χ4v) is 4.38. The maximum Gasteiger partial charge on any atom is 0.225 e. The topological polar surface area (TPSA) is 60.0 Å². The van der Waals surface area contributed by atoms with Gasteiger partial charge in [-0.15, -0.1) is 0 Å². The Morgan fingerprint density at radius 1 is 1.07 bits per heavy atom. The van der Waals surface area contributed by atoms with Gasteiger partial charge in [0.25, 0.3) is 0 Å². The van der Waals surface area contributed by atoms with Gasteiger partial charge in [0, 0.05) is 38.1 Å². The van der Waals surface area contributed by atoms with E-state index in [0.717, 1.165) is 77.5 Å². The first-order valence-corrected chi connectivity index (χ1v) is 11.7. The molecule has 2 aliphatic rings. The molecule has 0 spiro atoms. The van der Waals surface area contributed by atoms with E-state index in [2.05, 4.69) is 41.2 Å². The number of nitrogens with zero attached hydrogens (tertiary/aromatic N) is 3. The normalized spacial score (nSPS) is 21.4. The summed E-state index contributed by atoms with van der Waals surface area (Å²) in [6.07, 6.45) is 9.24. The molecule has 6 nitrogen and oxygen atoms in total. The highest BCUT2D eigenvalue weighted by atomic mass is 16.2. The lowest BCUT2D eigenvalue weighted by Crippen LogP contribution is -2.45. The van der Waals surface area contributed by atoms with Gasteiger partial charge in [0.1, 0.15) is 0 Å². The number of carbonyl (C=O) groups is 1. The molecule has 1 aliphatic carbocycles. The highest BCUT2D eigenvalue weighted by Gasteiger charge is 2.31. The number of nitrogens with one attached hydrogen (secondary N) is 2. The Bertz CT molecular complexity index is 472. The van der Waals surface area contributed by atoms with Crippen LogP contribution in [0, 0.1) is 5.92 Å². The Morgan fingerprint density at radius 2 is 1.82 bits per heavy atom. The smallest absolute Gasteiger partial charge is 0.225 e. The first kappa shape index (κ1) is 23.0. The molecule has 0 aromatic heterocycles. The summed E-state index contributed by atoms with van der Waals surface area (Å²) < 4.78 is 0. The monoisotopic (exact) mass is 393 g/mol. The first-order chi connectivity index (χ1) is 13.7. The number of hydrogen-bond acceptors (Lipinski definition) is 3. The number of guanidine groups is 1. The zero-order valence-electron chi connectivity index (χ0n) is 18.5. The Labute approximate surface area is 172 Å². The lowest BCUT2D eigenvalue weighted by atomic mass is 9.88. The van der Waals surface area contributed by atoms with E-state index in [0.29, 0.717) is 11.9 Å². The minimum atomic E-state index is 0.278. The van der Waals surface area contributed by atoms with Crippen molar-refractivity contribution in [2.75, 3.05) is 45.8 Å². The van der Waals surface area contributed by atoms with Crippen LogP contribution < -0.4 is 10.6 Å². The van der Waals surface area contributed by atoms with Crippen molar-refractivity contribution in [1.82, 2.24) is 20.4 Å². The van der Waals surface area contributed by atoms with E-state index in [-0.39, 0.29) is 5.92 Å². The molecule has 2 fully saturated rings. The van der Waals surface area contributed by atoms with Gasteiger partial charge in [0.05, 0.1) is 0 Å². The van der Waals surface area contributed by atoms with E-state index in [4.69, 9.17) is 4.99 Å². The van der Waals surface area contributed by atoms with Crippen LogP contribution in [0.2, 0.25) is 0 Å². The summed E-state index contributed by atoms with van der Waals surface area (Å²) in [4.78, 5) is 22.1. The Kier molecular flexibility index (Phi) is 10.7. The fourth-order valence-electron chi connectivity index (χ4n) is 4.38. The summed E-state index contributed by atoms with van der Waals surface area (Å²) >= 11 is 0. The molecule has 1 saturated heterocycles. The van der Waals surface area contributed by atoms with Crippen molar-refractivity contribution in [3.63, 3.8) is 0 Å². The Balaban J connectivity index is 1.73. The zero-order chi connectivity index (χ0) is 20.2. The van der Waals surface area contributed by atoms with E-state index in [9.17, 15) is 4.79 Å². The van der Waals surface area contributed by atoms with E-state index >= 15 is 0 Å². The SMILES string of the molecule is CCNC(=NCCCCN(CC)CC)NC1CCN(C(=O)C2CCCCC2)C1. The van der Waals surface area contributed by atoms with Gasteiger partial charge in [-0.2, -0.15) is 0 Å². The molecular weight excluding hydrogens is 350 g/mol. The van der Waals surface area contributed by atoms with Crippen LogP contribution in [-0.4, -0.2) is 73.5 Å². The molecule has 1 heterocycles. The van der Waals surface area contributed by atoms with Crippen LogP contribution in [0.15, 0.2) is 4.99 Å². The van der Waals surface area contributed by atoms with Gasteiger partial charge in [-0.1, -0.05) is 33.1 Å². The molecule has 0 aromatic carbocycles. The van der Waals surface area contributed by atoms with E-state index in [1.54, 1.807) is 0 Å². The van der Waals surface area contributed by atoms with Crippen LogP contribution >= 0.6 is 0 Å². The quantitative estimate of drug-likeness (QED) is 0.340. The summed E-state index contributed by atoms with van der Waals surface area (Å²) in [5.74, 6) is 1.57. The van der Waals surface area contributed by atoms with Gasteiger partial charge < -0.3 is 20.4 Å². The number of amides is 1. The van der Waals surface area contributed by atoms with Crippen molar-refractivity contribution in [2.45, 2.75) is 78.2 Å². The van der Waals surface area contributed by atoms with Gasteiger partial charge in [0.15, 0.2) is 5.96 Å². The van der Waals surface area contributed by atoms with Crippen molar-refractivity contribution in [3.05, 3.63) is 0 Å². The van der Waals surface area contributed by atoms with Crippen LogP contribution in [0.5, 0.6) is 0 Å². The molecule has 1 atom stereocenters. The number of unbranched alkanes of at least 4 members (excludes halogenated alkanes) is 1. The molecule has 0 bridgehead atoms. The highest BCUT2D eigenvalue weighted by Crippen LogP contribution is 2.26. The molecule has 0 radical (unpaired) electrons. The van der Waals surface area contributed by atoms with Crippen LogP contribution in [0.4, 0.5) is 0 Å². The minimum absolute atomic E-state index is 0.278. The second-order valence-electron chi connectivity index (χ2n) is 8.24. The largest absolute Gasteiger partial charge is 0.357 e. The van der Waals surface area contributed by atoms with Crippen LogP contribution in [0.25, 0.3) is 0 Å². The molecule has 0 aromatic rings. The van der Waals surface area contributed by atoms with Crippen molar-refractivity contribution >= 4 is 11.9 Å². The predicted octanol–water partition coefficient (Wildman–Crippen LogP) is 2.84. The molecule has 1 saturated carbocycles. The molecule has 6 heteroatoms. The third-order valence-corrected chi connectivity index (χ3v) is 6.19. The number of rotatable bonds is 10. The number of aliphatic imine (C=N–C) groups is 1. The molecule has 28 heavy (non-hydrogen) atoms. The van der Waals surface area contributed by atoms with Crippen molar-refractivity contribution in [3.8, 4) is 0 Å². The highest BCUT2D eigenvalue weighted by molar-refractivity contribution is 5.81. The number of likely N-dealkylation sites (tertiary alicyclic amines) is 1. The minimum Gasteiger partial charge on any atom is -0.357 e. The molecular formula is C22H43N5O. The van der Waals surface area contributed by atoms with E-state index in [1.165, 1.54) is 25.7 Å². The third kappa shape index (κ3) is 7.61. The summed E-state index contributed by atoms with van der Waals surface area (Å²) in [6.45, 7) is 13.4. The average Bonchev–Trinajstić information content (AvgIpc) is 3.19. The molecule has 1 unspecified atom stereocenters. The average molecular weight is 394 g/mol. The van der Waals surface area contributed by atoms with Crippen LogP contribution in [-0.2, 0) is 4.79 Å². The molecule has 1 amide bonds. The van der Waals surface area contributed by atoms with Crippen molar-refractivity contribution in [2.24, 2.45) is 10.9 Å². The summed E-state index contributed by atoms with van der Waals surface area (Å²) in [5.41, 5.74) is 0. The molecule has 162 valence electrons. The standard InChI is InChI=1S/C22H43N5O/c1-4-23-22(24-15-10-11-16-26(5-2)6-3)25-20-14-17-27(18-20)21(28)19-12-8-7-9-13-19/h19-20H,4-18H2,1-3H3,(H2,23,24,25). The number of hydrogen-bond donors (Lipinski definition) is 2. The summed E-state index contributed by atoms with van der Waals surface area (Å²) in [5, 5.41) is 6.93. The number of carbonyl (C=O) groups excluding carboxylic acids is 1. The second-order valence-corrected chi connectivity index (χ2v) is 8.24. The van der Waals surface area contributed by atoms with Crippen molar-refractivity contribution in [1.29, 1.82) is 0 Å². The lowest BCUT2D eigenvalue weighted by Gasteiger charge is -2.26. The van der Waals surface area contributed by atoms with Crippen LogP contribution in [0.1, 0.15) is 72.1 Å². The van der Waals surface area contributed by atoms with Gasteiger partial charge in [-0.3, -0.25) is 9.79 Å². The van der Waals surface area contributed by atoms with Gasteiger partial charge >= 0.3 is 0 Å². The van der Waals surface area contributed by atoms with Gasteiger partial charge in [0.2, 0.25) is 5.91 Å². The van der Waals surface area contributed by atoms with E-state index < -0.39 is 0 Å². The lowest BCUT2D eigenvalue weighted by molar-refractivity contribution is -0.135. The first-order valence-electron chi connectivity index (χ1n) is 11.7. The fraction of sp³-hybridized carbons (Fsp3) is 0.909. The van der Waals surface area contributed by atoms with Gasteiger partial charge in [-0.05, 0) is 58.7 Å². The Morgan fingerprint density at radius 3 is 2.50 bits per heavy atom. The maximum absolute atomic E-state index is 12.8. The van der Waals surface area contributed by atoms with E-state index in [1.807, 2.05) is 0 Å². The molecule has 2 N–H and O–H groups in total. The predicted molar refractivity (Wildman–Crippen MR) is 118 cm³/mol. The zero-order valence-corrected chi connectivity index (χ0v) is 18.5. The molecule has 1 aliphatic heterocycles. The van der Waals surface area contributed by atoms with Crippen LogP contribution in [0.3, 0.4) is 0 Å². The maximum atomic E-state index is 12.8. The van der Waals surface area contributed by atoms with Gasteiger partial charge in [-0.25, -0.2) is 0 Å². The summed E-state index contributed by atoms with van der Waals surface area (Å²) in [7, 11) is 0. The second kappa shape index (κ2) is 13.0. The molecule has 2 rings (SSSR count). The summed E-state index contributed by atoms with van der Waals surface area (Å²) in [6, 6.07) is 0.320. The third-order valence-electron chi connectivity index (χ3n) is 6.19. The Hall–Kier alpha value is -1.30.